The van der Waals surface area contributed by atoms with E-state index in [1.165, 1.54) is 12.1 Å². The van der Waals surface area contributed by atoms with Crippen molar-refractivity contribution in [2.45, 2.75) is 0 Å². The molecule has 0 bridgehead atoms. The molecule has 2 aromatic carbocycles. The Hall–Kier alpha value is -3.80. The van der Waals surface area contributed by atoms with Crippen molar-refractivity contribution in [1.29, 1.82) is 0 Å². The van der Waals surface area contributed by atoms with E-state index < -0.39 is 5.91 Å². The molecule has 2 heterocycles. The van der Waals surface area contributed by atoms with Crippen molar-refractivity contribution in [1.82, 2.24) is 14.8 Å². The third-order valence-electron chi connectivity index (χ3n) is 4.18. The van der Waals surface area contributed by atoms with Crippen molar-refractivity contribution in [2.75, 3.05) is 0 Å². The molecule has 0 aliphatic heterocycles. The summed E-state index contributed by atoms with van der Waals surface area (Å²) in [4.78, 5) is 15.6. The number of pyridine rings is 1. The number of hydrogen-bond acceptors (Lipinski definition) is 3. The average Bonchev–Trinajstić information content (AvgIpc) is 3.15. The first-order valence-corrected chi connectivity index (χ1v) is 8.29. The minimum absolute atomic E-state index is 0.301. The van der Waals surface area contributed by atoms with E-state index >= 15 is 0 Å². The van der Waals surface area contributed by atoms with Gasteiger partial charge in [-0.2, -0.15) is 5.10 Å². The maximum atomic E-state index is 13.3. The Kier molecular flexibility index (Phi) is 4.22. The molecule has 27 heavy (non-hydrogen) atoms. The number of carbonyl (C=O) groups is 1. The Balaban J connectivity index is 1.84. The summed E-state index contributed by atoms with van der Waals surface area (Å²) in [5.41, 5.74) is 8.86. The fourth-order valence-corrected chi connectivity index (χ4v) is 2.81. The zero-order chi connectivity index (χ0) is 18.8. The largest absolute Gasteiger partial charge is 0.366 e. The lowest BCUT2D eigenvalue weighted by molar-refractivity contribution is 0.100. The second-order valence-electron chi connectivity index (χ2n) is 5.96. The molecule has 0 saturated carbocycles. The molecule has 0 spiro atoms. The summed E-state index contributed by atoms with van der Waals surface area (Å²) in [7, 11) is 0. The molecule has 0 saturated heterocycles. The highest BCUT2D eigenvalue weighted by Gasteiger charge is 2.14. The van der Waals surface area contributed by atoms with Gasteiger partial charge in [-0.25, -0.2) is 14.1 Å². The van der Waals surface area contributed by atoms with Crippen LogP contribution in [0.25, 0.3) is 28.3 Å². The number of nitrogens with two attached hydrogens (primary N) is 1. The Morgan fingerprint density at radius 2 is 1.63 bits per heavy atom. The maximum absolute atomic E-state index is 13.3. The van der Waals surface area contributed by atoms with E-state index in [4.69, 9.17) is 5.73 Å². The Labute approximate surface area is 154 Å². The van der Waals surface area contributed by atoms with E-state index in [1.807, 2.05) is 24.3 Å². The van der Waals surface area contributed by atoms with Crippen LogP contribution in [0.4, 0.5) is 4.39 Å². The quantitative estimate of drug-likeness (QED) is 0.602. The second-order valence-corrected chi connectivity index (χ2v) is 5.96. The Morgan fingerprint density at radius 1 is 0.926 bits per heavy atom. The van der Waals surface area contributed by atoms with Gasteiger partial charge in [0.1, 0.15) is 5.82 Å². The predicted octanol–water partition coefficient (Wildman–Crippen LogP) is 3.84. The molecule has 0 unspecified atom stereocenters. The van der Waals surface area contributed by atoms with Crippen molar-refractivity contribution < 1.29 is 9.18 Å². The molecule has 5 nitrogen and oxygen atoms in total. The first-order valence-electron chi connectivity index (χ1n) is 8.29. The minimum atomic E-state index is -0.479. The van der Waals surface area contributed by atoms with Crippen molar-refractivity contribution >= 4 is 5.91 Å². The predicted molar refractivity (Wildman–Crippen MR) is 101 cm³/mol. The van der Waals surface area contributed by atoms with Crippen LogP contribution in [-0.4, -0.2) is 20.7 Å². The van der Waals surface area contributed by atoms with Gasteiger partial charge in [0.15, 0.2) is 5.82 Å². The van der Waals surface area contributed by atoms with Gasteiger partial charge in [-0.1, -0.05) is 18.2 Å². The number of rotatable bonds is 4. The number of carbonyl (C=O) groups excluding carboxylic acids is 1. The van der Waals surface area contributed by atoms with Crippen molar-refractivity contribution in [3.63, 3.8) is 0 Å². The van der Waals surface area contributed by atoms with Crippen LogP contribution in [-0.2, 0) is 0 Å². The highest BCUT2D eigenvalue weighted by Crippen LogP contribution is 2.28. The topological polar surface area (TPSA) is 73.8 Å². The molecule has 0 fully saturated rings. The van der Waals surface area contributed by atoms with Crippen molar-refractivity contribution in [2.24, 2.45) is 5.73 Å². The van der Waals surface area contributed by atoms with Crippen LogP contribution in [0.2, 0.25) is 0 Å². The van der Waals surface area contributed by atoms with E-state index in [9.17, 15) is 9.18 Å². The zero-order valence-corrected chi connectivity index (χ0v) is 14.2. The van der Waals surface area contributed by atoms with E-state index in [1.54, 1.807) is 47.3 Å². The van der Waals surface area contributed by atoms with Gasteiger partial charge in [0.25, 0.3) is 0 Å². The minimum Gasteiger partial charge on any atom is -0.366 e. The molecular formula is C21H15FN4O. The van der Waals surface area contributed by atoms with Crippen LogP contribution in [0.1, 0.15) is 10.4 Å². The van der Waals surface area contributed by atoms with E-state index in [2.05, 4.69) is 10.1 Å². The molecule has 132 valence electrons. The van der Waals surface area contributed by atoms with Gasteiger partial charge >= 0.3 is 0 Å². The smallest absolute Gasteiger partial charge is 0.248 e. The van der Waals surface area contributed by atoms with Gasteiger partial charge in [0.2, 0.25) is 5.91 Å². The lowest BCUT2D eigenvalue weighted by Gasteiger charge is -2.06. The maximum Gasteiger partial charge on any atom is 0.248 e. The number of aromatic nitrogens is 3. The normalized spacial score (nSPS) is 10.7. The summed E-state index contributed by atoms with van der Waals surface area (Å²) in [6, 6.07) is 20.6. The molecule has 0 aliphatic carbocycles. The molecule has 4 aromatic rings. The summed E-state index contributed by atoms with van der Waals surface area (Å²) in [6.07, 6.45) is 1.69. The highest BCUT2D eigenvalue weighted by molar-refractivity contribution is 5.93. The molecular weight excluding hydrogens is 343 g/mol. The Bertz CT molecular complexity index is 1090. The summed E-state index contributed by atoms with van der Waals surface area (Å²) in [5, 5.41) is 4.67. The summed E-state index contributed by atoms with van der Waals surface area (Å²) in [5.74, 6) is -0.130. The summed E-state index contributed by atoms with van der Waals surface area (Å²) >= 11 is 0. The molecule has 0 radical (unpaired) electrons. The standard InChI is InChI=1S/C21H15FN4O/c22-17-10-8-15(9-11-17)19-13-18(14-4-6-16(7-5-14)21(23)27)25-26(19)20-3-1-2-12-24-20/h1-13H,(H2,23,27). The molecule has 0 atom stereocenters. The second kappa shape index (κ2) is 6.84. The molecule has 2 N–H and O–H groups in total. The molecule has 4 rings (SSSR count). The lowest BCUT2D eigenvalue weighted by atomic mass is 10.1. The van der Waals surface area contributed by atoms with Crippen LogP contribution in [0, 0.1) is 5.82 Å². The fraction of sp³-hybridized carbons (Fsp3) is 0. The monoisotopic (exact) mass is 358 g/mol. The average molecular weight is 358 g/mol. The van der Waals surface area contributed by atoms with E-state index in [0.717, 1.165) is 16.8 Å². The van der Waals surface area contributed by atoms with Crippen LogP contribution in [0.15, 0.2) is 79.0 Å². The molecule has 0 aliphatic rings. The SMILES string of the molecule is NC(=O)c1ccc(-c2cc(-c3ccc(F)cc3)n(-c3ccccn3)n2)cc1. The van der Waals surface area contributed by atoms with Gasteiger partial charge in [0.05, 0.1) is 11.4 Å². The number of benzene rings is 2. The van der Waals surface area contributed by atoms with Gasteiger partial charge in [0, 0.05) is 22.9 Å². The molecule has 1 amide bonds. The Morgan fingerprint density at radius 3 is 2.26 bits per heavy atom. The van der Waals surface area contributed by atoms with Crippen molar-refractivity contribution in [3.8, 4) is 28.3 Å². The fourth-order valence-electron chi connectivity index (χ4n) is 2.81. The van der Waals surface area contributed by atoms with Gasteiger partial charge in [-0.15, -0.1) is 0 Å². The van der Waals surface area contributed by atoms with Gasteiger partial charge in [-0.3, -0.25) is 4.79 Å². The van der Waals surface area contributed by atoms with Gasteiger partial charge < -0.3 is 5.73 Å². The third kappa shape index (κ3) is 3.32. The van der Waals surface area contributed by atoms with Crippen LogP contribution >= 0.6 is 0 Å². The number of primary amides is 1. The lowest BCUT2D eigenvalue weighted by Crippen LogP contribution is -2.10. The van der Waals surface area contributed by atoms with Crippen LogP contribution in [0.3, 0.4) is 0 Å². The summed E-state index contributed by atoms with van der Waals surface area (Å²) < 4.78 is 15.0. The molecule has 2 aromatic heterocycles. The van der Waals surface area contributed by atoms with E-state index in [0.29, 0.717) is 17.1 Å². The number of nitrogens with zero attached hydrogens (tertiary/aromatic N) is 3. The number of amides is 1. The number of halogens is 1. The van der Waals surface area contributed by atoms with Gasteiger partial charge in [-0.05, 0) is 54.6 Å². The third-order valence-corrected chi connectivity index (χ3v) is 4.18. The summed E-state index contributed by atoms with van der Waals surface area (Å²) in [6.45, 7) is 0. The molecule has 6 heteroatoms. The first kappa shape index (κ1) is 16.7. The van der Waals surface area contributed by atoms with Crippen LogP contribution in [0.5, 0.6) is 0 Å². The number of hydrogen-bond donors (Lipinski definition) is 1. The van der Waals surface area contributed by atoms with Crippen molar-refractivity contribution in [3.05, 3.63) is 90.4 Å². The zero-order valence-electron chi connectivity index (χ0n) is 14.2. The van der Waals surface area contributed by atoms with E-state index in [-0.39, 0.29) is 5.82 Å². The first-order chi connectivity index (χ1) is 13.1. The highest BCUT2D eigenvalue weighted by atomic mass is 19.1. The van der Waals surface area contributed by atoms with Crippen LogP contribution < -0.4 is 5.73 Å².